The fourth-order valence-electron chi connectivity index (χ4n) is 5.19. The molecule has 1 aliphatic rings. The summed E-state index contributed by atoms with van der Waals surface area (Å²) in [4.78, 5) is 9.59. The third-order valence-electron chi connectivity index (χ3n) is 6.96. The molecule has 0 unspecified atom stereocenters. The van der Waals surface area contributed by atoms with Crippen LogP contribution in [0.1, 0.15) is 63.9 Å². The highest BCUT2D eigenvalue weighted by Crippen LogP contribution is 2.37. The van der Waals surface area contributed by atoms with Crippen molar-refractivity contribution >= 4 is 18.7 Å². The lowest BCUT2D eigenvalue weighted by atomic mass is 9.87. The lowest BCUT2D eigenvalue weighted by molar-refractivity contribution is 0.0650. The highest BCUT2D eigenvalue weighted by Gasteiger charge is 2.50. The Kier molecular flexibility index (Phi) is 7.42. The maximum absolute atomic E-state index is 7.06. The van der Waals surface area contributed by atoms with Crippen LogP contribution < -0.4 is 10.4 Å². The Morgan fingerprint density at radius 1 is 0.848 bits per heavy atom. The number of hydrogen-bond acceptors (Lipinski definition) is 4. The van der Waals surface area contributed by atoms with Gasteiger partial charge < -0.3 is 9.16 Å². The van der Waals surface area contributed by atoms with Crippen LogP contribution in [0, 0.1) is 0 Å². The van der Waals surface area contributed by atoms with Crippen LogP contribution in [0.2, 0.25) is 5.04 Å². The molecule has 0 N–H and O–H groups in total. The van der Waals surface area contributed by atoms with Crippen molar-refractivity contribution in [1.29, 1.82) is 0 Å². The molecule has 0 bridgehead atoms. The Balaban J connectivity index is 1.63. The Hall–Kier alpha value is -2.34. The molecule has 4 nitrogen and oxygen atoms in total. The predicted octanol–water partition coefficient (Wildman–Crippen LogP) is 5.23. The first kappa shape index (κ1) is 23.8. The molecule has 174 valence electrons. The van der Waals surface area contributed by atoms with Gasteiger partial charge in [-0.3, -0.25) is 0 Å². The van der Waals surface area contributed by atoms with E-state index < -0.39 is 8.32 Å². The number of ether oxygens (including phenoxy) is 1. The van der Waals surface area contributed by atoms with E-state index in [0.717, 1.165) is 37.2 Å². The smallest absolute Gasteiger partial charge is 0.261 e. The first-order valence-electron chi connectivity index (χ1n) is 12.0. The quantitative estimate of drug-likeness (QED) is 0.453. The zero-order valence-corrected chi connectivity index (χ0v) is 21.3. The van der Waals surface area contributed by atoms with E-state index in [4.69, 9.17) is 14.1 Å². The van der Waals surface area contributed by atoms with Crippen LogP contribution in [-0.4, -0.2) is 31.5 Å². The van der Waals surface area contributed by atoms with E-state index >= 15 is 0 Å². The summed E-state index contributed by atoms with van der Waals surface area (Å²) in [5.41, 5.74) is 0.960. The second-order valence-corrected chi connectivity index (χ2v) is 14.4. The van der Waals surface area contributed by atoms with E-state index in [-0.39, 0.29) is 5.04 Å². The van der Waals surface area contributed by atoms with Crippen molar-refractivity contribution in [3.05, 3.63) is 84.4 Å². The van der Waals surface area contributed by atoms with Gasteiger partial charge in [0.05, 0.1) is 18.4 Å². The number of hydrogen-bond donors (Lipinski definition) is 0. The fourth-order valence-corrected chi connectivity index (χ4v) is 9.71. The van der Waals surface area contributed by atoms with Crippen molar-refractivity contribution in [2.24, 2.45) is 0 Å². The summed E-state index contributed by atoms with van der Waals surface area (Å²) in [5.74, 6) is 1.36. The van der Waals surface area contributed by atoms with E-state index in [1.807, 2.05) is 19.4 Å². The standard InChI is InChI=1S/C28H36N2O2Si/c1-28(2,3)33(25-11-7-5-8-12-25,26-13-9-6-10-14-26)32-21-23-19-20-29-27(30-23)22-15-17-24(31-4)18-16-22/h5-14,19-20,22,24H,15-18,21H2,1-4H3. The Morgan fingerprint density at radius 2 is 1.42 bits per heavy atom. The molecular formula is C28H36N2O2Si. The average molecular weight is 461 g/mol. The van der Waals surface area contributed by atoms with E-state index in [1.165, 1.54) is 10.4 Å². The molecule has 1 heterocycles. The van der Waals surface area contributed by atoms with Crippen LogP contribution in [0.3, 0.4) is 0 Å². The number of aromatic nitrogens is 2. The second kappa shape index (κ2) is 10.3. The van der Waals surface area contributed by atoms with Gasteiger partial charge in [-0.25, -0.2) is 9.97 Å². The molecule has 1 aromatic heterocycles. The summed E-state index contributed by atoms with van der Waals surface area (Å²) < 4.78 is 12.6. The van der Waals surface area contributed by atoms with Gasteiger partial charge >= 0.3 is 0 Å². The topological polar surface area (TPSA) is 44.2 Å². The monoisotopic (exact) mass is 460 g/mol. The zero-order chi connectivity index (χ0) is 23.3. The normalized spacial score (nSPS) is 19.4. The van der Waals surface area contributed by atoms with Crippen molar-refractivity contribution in [1.82, 2.24) is 9.97 Å². The molecule has 3 aromatic rings. The van der Waals surface area contributed by atoms with Gasteiger partial charge in [0, 0.05) is 19.2 Å². The third kappa shape index (κ3) is 5.11. The van der Waals surface area contributed by atoms with Gasteiger partial charge in [-0.05, 0) is 47.2 Å². The Labute approximate surface area is 199 Å². The van der Waals surface area contributed by atoms with Crippen LogP contribution >= 0.6 is 0 Å². The largest absolute Gasteiger partial charge is 0.401 e. The molecule has 33 heavy (non-hydrogen) atoms. The van der Waals surface area contributed by atoms with Crippen molar-refractivity contribution in [2.75, 3.05) is 7.11 Å². The van der Waals surface area contributed by atoms with Gasteiger partial charge in [-0.15, -0.1) is 0 Å². The van der Waals surface area contributed by atoms with Crippen LogP contribution in [0.15, 0.2) is 72.9 Å². The van der Waals surface area contributed by atoms with Crippen LogP contribution in [0.5, 0.6) is 0 Å². The zero-order valence-electron chi connectivity index (χ0n) is 20.3. The minimum atomic E-state index is -2.58. The summed E-state index contributed by atoms with van der Waals surface area (Å²) in [7, 11) is -0.770. The van der Waals surface area contributed by atoms with Crippen LogP contribution in [-0.2, 0) is 15.8 Å². The molecule has 5 heteroatoms. The fraction of sp³-hybridized carbons (Fsp3) is 0.429. The molecule has 0 spiro atoms. The van der Waals surface area contributed by atoms with Gasteiger partial charge in [-0.2, -0.15) is 0 Å². The highest BCUT2D eigenvalue weighted by molar-refractivity contribution is 6.99. The third-order valence-corrected chi connectivity index (χ3v) is 11.9. The van der Waals surface area contributed by atoms with Gasteiger partial charge in [0.2, 0.25) is 0 Å². The Morgan fingerprint density at radius 3 is 1.94 bits per heavy atom. The van der Waals surface area contributed by atoms with E-state index in [0.29, 0.717) is 18.6 Å². The molecule has 0 atom stereocenters. The molecule has 0 saturated heterocycles. The first-order chi connectivity index (χ1) is 15.9. The lowest BCUT2D eigenvalue weighted by Crippen LogP contribution is -2.66. The van der Waals surface area contributed by atoms with Crippen molar-refractivity contribution in [3.63, 3.8) is 0 Å². The second-order valence-electron chi connectivity index (χ2n) is 10.1. The highest BCUT2D eigenvalue weighted by atomic mass is 28.4. The van der Waals surface area contributed by atoms with E-state index in [9.17, 15) is 0 Å². The number of benzene rings is 2. The minimum Gasteiger partial charge on any atom is -0.401 e. The summed E-state index contributed by atoms with van der Waals surface area (Å²) in [5, 5.41) is 2.52. The predicted molar refractivity (Wildman–Crippen MR) is 136 cm³/mol. The summed E-state index contributed by atoms with van der Waals surface area (Å²) in [6.45, 7) is 7.40. The molecule has 1 fully saturated rings. The van der Waals surface area contributed by atoms with Gasteiger partial charge in [0.25, 0.3) is 8.32 Å². The number of rotatable bonds is 7. The van der Waals surface area contributed by atoms with Crippen LogP contribution in [0.4, 0.5) is 0 Å². The molecule has 0 radical (unpaired) electrons. The summed E-state index contributed by atoms with van der Waals surface area (Å²) >= 11 is 0. The van der Waals surface area contributed by atoms with Gasteiger partial charge in [-0.1, -0.05) is 81.4 Å². The SMILES string of the molecule is COC1CCC(c2nccc(CO[Si](c3ccccc3)(c3ccccc3)C(C)(C)C)n2)CC1. The average Bonchev–Trinajstić information content (AvgIpc) is 2.85. The molecule has 0 aliphatic heterocycles. The molecule has 4 rings (SSSR count). The Bertz CT molecular complexity index is 973. The minimum absolute atomic E-state index is 0.0515. The maximum atomic E-state index is 7.06. The molecule has 1 aliphatic carbocycles. The molecular weight excluding hydrogens is 424 g/mol. The van der Waals surface area contributed by atoms with Gasteiger partial charge in [0.1, 0.15) is 5.82 Å². The molecule has 2 aromatic carbocycles. The lowest BCUT2D eigenvalue weighted by Gasteiger charge is -2.43. The van der Waals surface area contributed by atoms with Crippen molar-refractivity contribution in [3.8, 4) is 0 Å². The van der Waals surface area contributed by atoms with Gasteiger partial charge in [0.15, 0.2) is 0 Å². The summed E-state index contributed by atoms with van der Waals surface area (Å²) in [6.07, 6.45) is 6.59. The number of nitrogens with zero attached hydrogens (tertiary/aromatic N) is 2. The summed E-state index contributed by atoms with van der Waals surface area (Å²) in [6, 6.07) is 23.5. The van der Waals surface area contributed by atoms with Crippen LogP contribution in [0.25, 0.3) is 0 Å². The van der Waals surface area contributed by atoms with Crippen molar-refractivity contribution in [2.45, 2.75) is 70.1 Å². The first-order valence-corrected chi connectivity index (χ1v) is 13.9. The van der Waals surface area contributed by atoms with E-state index in [2.05, 4.69) is 86.4 Å². The maximum Gasteiger partial charge on any atom is 0.261 e. The molecule has 1 saturated carbocycles. The van der Waals surface area contributed by atoms with E-state index in [1.54, 1.807) is 0 Å². The van der Waals surface area contributed by atoms with Crippen molar-refractivity contribution < 1.29 is 9.16 Å². The molecule has 0 amide bonds. The number of methoxy groups -OCH3 is 1.